The van der Waals surface area contributed by atoms with Crippen LogP contribution >= 0.6 is 0 Å². The van der Waals surface area contributed by atoms with E-state index in [2.05, 4.69) is 100 Å². The lowest BCUT2D eigenvalue weighted by Gasteiger charge is -2.28. The van der Waals surface area contributed by atoms with Gasteiger partial charge >= 0.3 is 0 Å². The van der Waals surface area contributed by atoms with Crippen LogP contribution in [0.4, 0.5) is 11.4 Å². The zero-order valence-electron chi connectivity index (χ0n) is 41.7. The summed E-state index contributed by atoms with van der Waals surface area (Å²) in [4.78, 5) is 24.5. The number of ether oxygens (including phenoxy) is 4. The molecule has 8 aromatic heterocycles. The third-order valence-corrected chi connectivity index (χ3v) is 15.5. The molecule has 2 aliphatic rings. The normalized spacial score (nSPS) is 14.6. The van der Waals surface area contributed by atoms with Crippen molar-refractivity contribution in [2.24, 2.45) is 0 Å². The molecule has 2 saturated heterocycles. The molecule has 10 rings (SSSR count). The van der Waals surface area contributed by atoms with Crippen LogP contribution in [-0.4, -0.2) is 172 Å². The Morgan fingerprint density at radius 1 is 0.611 bits per heavy atom. The average molecular weight is 1020 g/mol. The van der Waals surface area contributed by atoms with Gasteiger partial charge in [-0.3, -0.25) is 9.97 Å². The van der Waals surface area contributed by atoms with Gasteiger partial charge in [0.2, 0.25) is 11.6 Å². The van der Waals surface area contributed by atoms with E-state index in [1.807, 2.05) is 36.4 Å². The number of hydrogen-bond acceptors (Lipinski definition) is 20. The van der Waals surface area contributed by atoms with Crippen LogP contribution in [0.1, 0.15) is 11.4 Å². The average Bonchev–Trinajstić information content (AvgIpc) is 4.22. The Morgan fingerprint density at radius 2 is 1.12 bits per heavy atom. The molecule has 8 aromatic rings. The quantitative estimate of drug-likeness (QED) is 0.0903. The van der Waals surface area contributed by atoms with Gasteiger partial charge in [0.1, 0.15) is 18.1 Å². The maximum atomic E-state index is 10.1. The predicted molar refractivity (Wildman–Crippen MR) is 272 cm³/mol. The number of fused-ring (bicyclic) bond motifs is 2. The van der Waals surface area contributed by atoms with Crippen LogP contribution in [0.25, 0.3) is 56.8 Å². The molecule has 26 heteroatoms. The Balaban J connectivity index is 0.000000178. The molecule has 10 heterocycles. The van der Waals surface area contributed by atoms with E-state index in [1.165, 1.54) is 4.80 Å². The molecule has 2 aliphatic heterocycles. The zero-order chi connectivity index (χ0) is 50.2. The number of pyridine rings is 2. The Kier molecular flexibility index (Phi) is 15.7. The number of aliphatic hydroxyl groups is 2. The summed E-state index contributed by atoms with van der Waals surface area (Å²) < 4.78 is 27.6. The lowest BCUT2D eigenvalue weighted by Crippen LogP contribution is -2.36. The monoisotopic (exact) mass is 1020 g/mol. The molecule has 0 amide bonds. The molecule has 0 bridgehead atoms. The maximum Gasteiger partial charge on any atom is 0.223 e. The molecular weight excluding hydrogens is 957 g/mol. The lowest BCUT2D eigenvalue weighted by atomic mass is 10.1. The minimum Gasteiger partial charge on any atom is -0.390 e. The van der Waals surface area contributed by atoms with Gasteiger partial charge in [-0.05, 0) is 64.1 Å². The molecule has 0 saturated carbocycles. The number of hydrogen-bond donors (Lipinski definition) is 2. The van der Waals surface area contributed by atoms with Crippen molar-refractivity contribution < 1.29 is 29.2 Å². The summed E-state index contributed by atoms with van der Waals surface area (Å²) in [5.74, 6) is 0.950. The van der Waals surface area contributed by atoms with Gasteiger partial charge in [0, 0.05) is 79.1 Å². The minimum absolute atomic E-state index is 0.212. The second-order valence-corrected chi connectivity index (χ2v) is 31.0. The molecule has 0 unspecified atom stereocenters. The van der Waals surface area contributed by atoms with Gasteiger partial charge in [-0.2, -0.15) is 14.9 Å². The first kappa shape index (κ1) is 50.4. The van der Waals surface area contributed by atoms with Crippen LogP contribution in [0.15, 0.2) is 61.2 Å². The summed E-state index contributed by atoms with van der Waals surface area (Å²) in [5.41, 5.74) is 8.59. The van der Waals surface area contributed by atoms with Gasteiger partial charge in [-0.15, -0.1) is 20.1 Å². The van der Waals surface area contributed by atoms with Crippen molar-refractivity contribution in [1.82, 2.24) is 79.6 Å². The third kappa shape index (κ3) is 11.9. The highest BCUT2D eigenvalue weighted by molar-refractivity contribution is 6.76. The second kappa shape index (κ2) is 22.5. The van der Waals surface area contributed by atoms with E-state index in [9.17, 15) is 10.2 Å². The summed E-state index contributed by atoms with van der Waals surface area (Å²) in [5, 5.41) is 53.8. The highest BCUT2D eigenvalue weighted by Crippen LogP contribution is 2.32. The Hall–Kier alpha value is -6.53. The fourth-order valence-corrected chi connectivity index (χ4v) is 9.63. The first-order valence-electron chi connectivity index (χ1n) is 24.1. The van der Waals surface area contributed by atoms with E-state index in [4.69, 9.17) is 28.9 Å². The highest BCUT2D eigenvalue weighted by atomic mass is 28.3. The largest absolute Gasteiger partial charge is 0.390 e. The van der Waals surface area contributed by atoms with Crippen LogP contribution in [0.5, 0.6) is 0 Å². The van der Waals surface area contributed by atoms with E-state index < -0.39 is 16.1 Å². The number of aromatic nitrogens is 16. The molecule has 0 atom stereocenters. The van der Waals surface area contributed by atoms with Gasteiger partial charge in [0.25, 0.3) is 0 Å². The van der Waals surface area contributed by atoms with E-state index in [1.54, 1.807) is 38.5 Å². The van der Waals surface area contributed by atoms with Crippen molar-refractivity contribution in [3.63, 3.8) is 0 Å². The molecule has 24 nitrogen and oxygen atoms in total. The molecule has 380 valence electrons. The smallest absolute Gasteiger partial charge is 0.223 e. The maximum absolute atomic E-state index is 10.1. The number of morpholine rings is 2. The first-order chi connectivity index (χ1) is 34.9. The number of rotatable bonds is 18. The van der Waals surface area contributed by atoms with E-state index in [0.29, 0.717) is 96.7 Å². The highest BCUT2D eigenvalue weighted by Gasteiger charge is 2.24. The standard InChI is InChI=1S/2C23H31N9O3Si/c1-36(2,3)13-12-35-16-31-22(27-28-29-31)18-5-4-17(14-24-18)21-19(15-33)26-23-20(6-7-25-32(21)23)30-8-10-34-11-9-30;1-36(2,3)13-12-35-16-31-28-22(27-29-31)18-5-4-17(14-24-18)21-19(15-33)26-23-20(6-7-25-32(21)23)30-8-10-34-11-9-30/h2*4-7,14,33H,8-13,15-16H2,1-3H3. The molecule has 0 aliphatic carbocycles. The molecule has 2 fully saturated rings. The topological polar surface area (TPSA) is 257 Å². The zero-order valence-corrected chi connectivity index (χ0v) is 43.7. The second-order valence-electron chi connectivity index (χ2n) is 19.8. The summed E-state index contributed by atoms with van der Waals surface area (Å²) in [7, 11) is -2.31. The molecule has 0 radical (unpaired) electrons. The minimum atomic E-state index is -1.17. The molecule has 0 spiro atoms. The fraction of sp³-hybridized carbons (Fsp3) is 0.478. The van der Waals surface area contributed by atoms with Gasteiger partial charge < -0.3 is 39.0 Å². The molecule has 2 N–H and O–H groups in total. The van der Waals surface area contributed by atoms with Gasteiger partial charge in [0.15, 0.2) is 18.0 Å². The van der Waals surface area contributed by atoms with Crippen LogP contribution in [0.3, 0.4) is 0 Å². The van der Waals surface area contributed by atoms with Crippen molar-refractivity contribution >= 4 is 38.8 Å². The molecule has 0 aromatic carbocycles. The van der Waals surface area contributed by atoms with Crippen LogP contribution in [-0.2, 0) is 45.6 Å². The van der Waals surface area contributed by atoms with Crippen molar-refractivity contribution in [2.75, 3.05) is 75.6 Å². The number of tetrazole rings is 2. The number of aliphatic hydroxyl groups excluding tert-OH is 2. The van der Waals surface area contributed by atoms with Gasteiger partial charge in [-0.25, -0.2) is 19.0 Å². The summed E-state index contributed by atoms with van der Waals surface area (Å²) in [6, 6.07) is 13.6. The Morgan fingerprint density at radius 3 is 1.61 bits per heavy atom. The number of imidazole rings is 2. The van der Waals surface area contributed by atoms with E-state index in [-0.39, 0.29) is 26.7 Å². The fourth-order valence-electron chi connectivity index (χ4n) is 8.12. The van der Waals surface area contributed by atoms with E-state index in [0.717, 1.165) is 60.8 Å². The van der Waals surface area contributed by atoms with Gasteiger partial charge in [-0.1, -0.05) is 39.3 Å². The number of nitrogens with zero attached hydrogens (tertiary/aromatic N) is 18. The summed E-state index contributed by atoms with van der Waals surface area (Å²) in [6.45, 7) is 21.2. The lowest BCUT2D eigenvalue weighted by molar-refractivity contribution is 0.0674. The summed E-state index contributed by atoms with van der Waals surface area (Å²) in [6.07, 6.45) is 6.94. The Bertz CT molecular complexity index is 3030. The van der Waals surface area contributed by atoms with Crippen molar-refractivity contribution in [2.45, 2.75) is 78.0 Å². The van der Waals surface area contributed by atoms with E-state index >= 15 is 0 Å². The van der Waals surface area contributed by atoms with Crippen molar-refractivity contribution in [3.05, 3.63) is 72.6 Å². The molecular formula is C46H62N18O6Si2. The first-order valence-corrected chi connectivity index (χ1v) is 31.5. The third-order valence-electron chi connectivity index (χ3n) is 12.1. The molecule has 72 heavy (non-hydrogen) atoms. The SMILES string of the molecule is C[Si](C)(C)CCOCn1nnc(-c2ccc(-c3c(CO)nc4c(N5CCOCC5)ccnn34)cn2)n1.C[Si](C)(C)CCOCn1nnnc1-c1ccc(-c2c(CO)nc3c(N4CCOCC4)ccnn23)cn1. The van der Waals surface area contributed by atoms with Crippen LogP contribution in [0, 0.1) is 0 Å². The summed E-state index contributed by atoms with van der Waals surface area (Å²) >= 11 is 0. The van der Waals surface area contributed by atoms with Crippen molar-refractivity contribution in [1.29, 1.82) is 0 Å². The van der Waals surface area contributed by atoms with Crippen LogP contribution in [0.2, 0.25) is 51.4 Å². The Labute approximate surface area is 418 Å². The predicted octanol–water partition coefficient (Wildman–Crippen LogP) is 4.17. The van der Waals surface area contributed by atoms with Crippen LogP contribution < -0.4 is 9.80 Å². The van der Waals surface area contributed by atoms with Gasteiger partial charge in [0.05, 0.1) is 86.2 Å². The number of anilines is 2. The van der Waals surface area contributed by atoms with Crippen molar-refractivity contribution in [3.8, 4) is 45.6 Å².